The minimum absolute atomic E-state index is 0.324. The second kappa shape index (κ2) is 6.35. The van der Waals surface area contributed by atoms with Crippen molar-refractivity contribution in [2.45, 2.75) is 24.9 Å². The fourth-order valence-corrected chi connectivity index (χ4v) is 3.87. The van der Waals surface area contributed by atoms with Crippen LogP contribution >= 0.6 is 22.9 Å². The van der Waals surface area contributed by atoms with Crippen LogP contribution in [0.4, 0.5) is 0 Å². The molecule has 18 heavy (non-hydrogen) atoms. The van der Waals surface area contributed by atoms with E-state index in [9.17, 15) is 0 Å². The van der Waals surface area contributed by atoms with Gasteiger partial charge in [-0.1, -0.05) is 11.6 Å². The first kappa shape index (κ1) is 14.3. The largest absolute Gasteiger partial charge is 0.329 e. The zero-order valence-corrected chi connectivity index (χ0v) is 12.7. The highest BCUT2D eigenvalue weighted by Gasteiger charge is 2.27. The second-order valence-corrected chi connectivity index (χ2v) is 6.55. The molecule has 0 bridgehead atoms. The van der Waals surface area contributed by atoms with Gasteiger partial charge in [-0.25, -0.2) is 0 Å². The molecule has 0 amide bonds. The Morgan fingerprint density at radius 1 is 1.61 bits per heavy atom. The molecule has 1 saturated heterocycles. The van der Waals surface area contributed by atoms with Crippen molar-refractivity contribution in [2.75, 3.05) is 33.7 Å². The molecule has 0 saturated carbocycles. The van der Waals surface area contributed by atoms with E-state index in [2.05, 4.69) is 30.0 Å². The third-order valence-electron chi connectivity index (χ3n) is 3.74. The van der Waals surface area contributed by atoms with Crippen molar-refractivity contribution >= 4 is 22.9 Å². The summed E-state index contributed by atoms with van der Waals surface area (Å²) in [5, 5.41) is 2.82. The van der Waals surface area contributed by atoms with Crippen LogP contribution in [0.3, 0.4) is 0 Å². The number of likely N-dealkylation sites (N-methyl/N-ethyl adjacent to an activating group) is 1. The van der Waals surface area contributed by atoms with Crippen molar-refractivity contribution in [2.24, 2.45) is 5.73 Å². The zero-order valence-electron chi connectivity index (χ0n) is 11.1. The van der Waals surface area contributed by atoms with E-state index in [1.807, 2.05) is 5.38 Å². The van der Waals surface area contributed by atoms with Crippen LogP contribution in [0.2, 0.25) is 5.02 Å². The molecule has 2 atom stereocenters. The Labute approximate surface area is 119 Å². The van der Waals surface area contributed by atoms with Crippen LogP contribution < -0.4 is 5.73 Å². The lowest BCUT2D eigenvalue weighted by molar-refractivity contribution is 0.0997. The van der Waals surface area contributed by atoms with Gasteiger partial charge in [0.1, 0.15) is 0 Å². The molecule has 0 aliphatic carbocycles. The topological polar surface area (TPSA) is 32.5 Å². The molecule has 102 valence electrons. The predicted octanol–water partition coefficient (Wildman–Crippen LogP) is 2.43. The van der Waals surface area contributed by atoms with E-state index in [4.69, 9.17) is 17.3 Å². The molecule has 1 aromatic heterocycles. The minimum atomic E-state index is 0.324. The third kappa shape index (κ3) is 3.25. The first-order valence-electron chi connectivity index (χ1n) is 6.46. The van der Waals surface area contributed by atoms with Gasteiger partial charge in [0.15, 0.2) is 0 Å². The molecule has 2 N–H and O–H groups in total. The van der Waals surface area contributed by atoms with Crippen molar-refractivity contribution < 1.29 is 0 Å². The van der Waals surface area contributed by atoms with Gasteiger partial charge in [0.25, 0.3) is 0 Å². The highest BCUT2D eigenvalue weighted by Crippen LogP contribution is 2.31. The Hall–Kier alpha value is -0.130. The maximum Gasteiger partial charge on any atom is 0.0565 e. The van der Waals surface area contributed by atoms with Crippen LogP contribution in [-0.2, 0) is 0 Å². The molecule has 2 rings (SSSR count). The highest BCUT2D eigenvalue weighted by atomic mass is 35.5. The Morgan fingerprint density at radius 3 is 2.94 bits per heavy atom. The molecular formula is C13H22ClN3S. The monoisotopic (exact) mass is 287 g/mol. The molecule has 0 spiro atoms. The van der Waals surface area contributed by atoms with E-state index >= 15 is 0 Å². The Balaban J connectivity index is 2.08. The van der Waals surface area contributed by atoms with Crippen LogP contribution in [0.15, 0.2) is 11.4 Å². The average Bonchev–Trinajstić information content (AvgIpc) is 2.77. The van der Waals surface area contributed by atoms with Gasteiger partial charge < -0.3 is 10.6 Å². The summed E-state index contributed by atoms with van der Waals surface area (Å²) in [5.74, 6) is 0. The Kier molecular flexibility index (Phi) is 5.04. The summed E-state index contributed by atoms with van der Waals surface area (Å²) >= 11 is 7.74. The van der Waals surface area contributed by atoms with E-state index in [1.165, 1.54) is 17.7 Å². The zero-order chi connectivity index (χ0) is 13.1. The summed E-state index contributed by atoms with van der Waals surface area (Å²) in [6.45, 7) is 2.91. The number of halogens is 1. The quantitative estimate of drug-likeness (QED) is 0.923. The summed E-state index contributed by atoms with van der Waals surface area (Å²) in [7, 11) is 4.32. The van der Waals surface area contributed by atoms with Gasteiger partial charge in [-0.15, -0.1) is 11.3 Å². The predicted molar refractivity (Wildman–Crippen MR) is 79.4 cm³/mol. The van der Waals surface area contributed by atoms with Crippen LogP contribution in [0.25, 0.3) is 0 Å². The van der Waals surface area contributed by atoms with Gasteiger partial charge in [-0.2, -0.15) is 0 Å². The average molecular weight is 288 g/mol. The van der Waals surface area contributed by atoms with Gasteiger partial charge >= 0.3 is 0 Å². The number of nitrogens with zero attached hydrogens (tertiary/aromatic N) is 2. The molecule has 1 aliphatic heterocycles. The van der Waals surface area contributed by atoms with Crippen molar-refractivity contribution in [1.29, 1.82) is 0 Å². The number of hydrogen-bond acceptors (Lipinski definition) is 4. The van der Waals surface area contributed by atoms with Crippen LogP contribution in [-0.4, -0.2) is 49.6 Å². The summed E-state index contributed by atoms with van der Waals surface area (Å²) in [5.41, 5.74) is 5.97. The van der Waals surface area contributed by atoms with Gasteiger partial charge in [-0.3, -0.25) is 4.90 Å². The van der Waals surface area contributed by atoms with Crippen molar-refractivity contribution in [3.8, 4) is 0 Å². The summed E-state index contributed by atoms with van der Waals surface area (Å²) in [4.78, 5) is 6.12. The number of hydrogen-bond donors (Lipinski definition) is 1. The van der Waals surface area contributed by atoms with Crippen LogP contribution in [0, 0.1) is 0 Å². The molecule has 2 unspecified atom stereocenters. The lowest BCUT2D eigenvalue weighted by atomic mass is 10.0. The molecule has 0 aromatic carbocycles. The second-order valence-electron chi connectivity index (χ2n) is 5.17. The molecule has 1 aliphatic rings. The molecule has 1 fully saturated rings. The maximum absolute atomic E-state index is 6.02. The van der Waals surface area contributed by atoms with Crippen molar-refractivity contribution in [1.82, 2.24) is 9.80 Å². The number of nitrogens with two attached hydrogens (primary N) is 1. The summed E-state index contributed by atoms with van der Waals surface area (Å²) in [6, 6.07) is 3.02. The standard InChI is InChI=1S/C13H22ClN3S/c1-16(2)11-4-3-5-17(8-11)12(7-15)13-6-10(14)9-18-13/h6,9,11-12H,3-5,7-8,15H2,1-2H3. The summed E-state index contributed by atoms with van der Waals surface area (Å²) in [6.07, 6.45) is 2.53. The minimum Gasteiger partial charge on any atom is -0.329 e. The molecule has 3 nitrogen and oxygen atoms in total. The molecule has 0 radical (unpaired) electrons. The smallest absolute Gasteiger partial charge is 0.0565 e. The van der Waals surface area contributed by atoms with Gasteiger partial charge in [0.05, 0.1) is 11.1 Å². The summed E-state index contributed by atoms with van der Waals surface area (Å²) < 4.78 is 0. The van der Waals surface area contributed by atoms with E-state index in [0.29, 0.717) is 18.6 Å². The third-order valence-corrected chi connectivity index (χ3v) is 5.12. The number of thiophene rings is 1. The fourth-order valence-electron chi connectivity index (χ4n) is 2.64. The number of piperidine rings is 1. The fraction of sp³-hybridized carbons (Fsp3) is 0.692. The lowest BCUT2D eigenvalue weighted by Crippen LogP contribution is -2.47. The molecule has 5 heteroatoms. The van der Waals surface area contributed by atoms with Crippen molar-refractivity contribution in [3.05, 3.63) is 21.3 Å². The maximum atomic E-state index is 6.02. The highest BCUT2D eigenvalue weighted by molar-refractivity contribution is 7.10. The normalized spacial score (nSPS) is 23.5. The SMILES string of the molecule is CN(C)C1CCCN(C(CN)c2cc(Cl)cs2)C1. The van der Waals surface area contributed by atoms with Gasteiger partial charge in [0.2, 0.25) is 0 Å². The molecule has 2 heterocycles. The van der Waals surface area contributed by atoms with Gasteiger partial charge in [0, 0.05) is 29.4 Å². The first-order valence-corrected chi connectivity index (χ1v) is 7.72. The molecular weight excluding hydrogens is 266 g/mol. The van der Waals surface area contributed by atoms with E-state index in [0.717, 1.165) is 18.1 Å². The Morgan fingerprint density at radius 2 is 2.39 bits per heavy atom. The number of rotatable bonds is 4. The van der Waals surface area contributed by atoms with Crippen LogP contribution in [0.5, 0.6) is 0 Å². The Bertz CT molecular complexity index is 380. The number of likely N-dealkylation sites (tertiary alicyclic amines) is 1. The van der Waals surface area contributed by atoms with Crippen molar-refractivity contribution in [3.63, 3.8) is 0 Å². The van der Waals surface area contributed by atoms with E-state index in [-0.39, 0.29) is 0 Å². The van der Waals surface area contributed by atoms with E-state index in [1.54, 1.807) is 11.3 Å². The lowest BCUT2D eigenvalue weighted by Gasteiger charge is -2.39. The molecule has 1 aromatic rings. The first-order chi connectivity index (χ1) is 8.61. The van der Waals surface area contributed by atoms with Gasteiger partial charge in [-0.05, 0) is 39.5 Å². The van der Waals surface area contributed by atoms with E-state index < -0.39 is 0 Å². The van der Waals surface area contributed by atoms with Crippen LogP contribution in [0.1, 0.15) is 23.8 Å².